The molecule has 1 atom stereocenters. The van der Waals surface area contributed by atoms with E-state index >= 15 is 4.39 Å². The standard InChI is InChI=1S/C44H55FN8O7/c1-46-44(58)52-14-10-30-32(23-48(2)42(56)34(30)25-52)28-19-38(59-3)35(39(20-28)60-4)24-50-12-8-27(9-13-50)7-11-49-15-17-51(18-16-49)29-21-31-33(36(45)22-29)26-53(43(31)57)37-5-6-40(54)47-41(37)55/h19-23,27,37H,5-18,24-26H2,1-4H3,(H,46,58)(H,47,54,55). The summed E-state index contributed by atoms with van der Waals surface area (Å²) in [6, 6.07) is 6.37. The van der Waals surface area contributed by atoms with E-state index in [0.717, 1.165) is 98.8 Å². The van der Waals surface area contributed by atoms with Crippen LogP contribution in [0, 0.1) is 11.7 Å². The van der Waals surface area contributed by atoms with Crippen LogP contribution in [-0.4, -0.2) is 128 Å². The van der Waals surface area contributed by atoms with Gasteiger partial charge in [-0.3, -0.25) is 34.3 Å². The number of methoxy groups -OCH3 is 2. The van der Waals surface area contributed by atoms with Gasteiger partial charge in [-0.25, -0.2) is 9.18 Å². The summed E-state index contributed by atoms with van der Waals surface area (Å²) in [5, 5.41) is 4.97. The molecule has 1 aromatic heterocycles. The van der Waals surface area contributed by atoms with E-state index in [1.165, 1.54) is 11.0 Å². The number of imide groups is 1. The first-order valence-electron chi connectivity index (χ1n) is 21.1. The molecule has 3 aromatic rings. The largest absolute Gasteiger partial charge is 0.496 e. The van der Waals surface area contributed by atoms with Gasteiger partial charge >= 0.3 is 6.03 Å². The minimum atomic E-state index is -0.773. The van der Waals surface area contributed by atoms with Crippen LogP contribution in [0.5, 0.6) is 11.5 Å². The quantitative estimate of drug-likeness (QED) is 0.293. The zero-order valence-corrected chi connectivity index (χ0v) is 35.0. The lowest BCUT2D eigenvalue weighted by Gasteiger charge is -2.38. The molecule has 15 nitrogen and oxygen atoms in total. The number of halogens is 1. The molecule has 6 heterocycles. The minimum Gasteiger partial charge on any atom is -0.496 e. The molecule has 0 bridgehead atoms. The van der Waals surface area contributed by atoms with Crippen molar-refractivity contribution in [2.75, 3.05) is 78.5 Å². The Bertz CT molecular complexity index is 2220. The van der Waals surface area contributed by atoms with Crippen molar-refractivity contribution < 1.29 is 33.0 Å². The fraction of sp³-hybridized carbons (Fsp3) is 0.523. The second kappa shape index (κ2) is 17.2. The number of fused-ring (bicyclic) bond motifs is 2. The third-order valence-corrected chi connectivity index (χ3v) is 13.3. The highest BCUT2D eigenvalue weighted by molar-refractivity contribution is 6.05. The number of piperazine rings is 1. The van der Waals surface area contributed by atoms with E-state index < -0.39 is 17.8 Å². The monoisotopic (exact) mass is 826 g/mol. The van der Waals surface area contributed by atoms with E-state index in [4.69, 9.17) is 9.47 Å². The normalized spacial score (nSPS) is 20.2. The number of pyridine rings is 1. The fourth-order valence-corrected chi connectivity index (χ4v) is 9.71. The van der Waals surface area contributed by atoms with Crippen molar-refractivity contribution in [3.05, 3.63) is 74.5 Å². The van der Waals surface area contributed by atoms with Crippen molar-refractivity contribution in [1.82, 2.24) is 34.8 Å². The number of urea groups is 1. The lowest BCUT2D eigenvalue weighted by atomic mass is 9.91. The number of hydrogen-bond donors (Lipinski definition) is 2. The molecule has 5 aliphatic heterocycles. The van der Waals surface area contributed by atoms with Crippen LogP contribution in [0.4, 0.5) is 14.9 Å². The van der Waals surface area contributed by atoms with Crippen LogP contribution in [0.3, 0.4) is 0 Å². The number of aryl methyl sites for hydroxylation is 1. The van der Waals surface area contributed by atoms with Gasteiger partial charge in [-0.05, 0) is 93.0 Å². The van der Waals surface area contributed by atoms with Gasteiger partial charge in [0.05, 0.1) is 32.9 Å². The molecule has 320 valence electrons. The first kappa shape index (κ1) is 41.3. The van der Waals surface area contributed by atoms with E-state index in [-0.39, 0.29) is 49.3 Å². The van der Waals surface area contributed by atoms with Crippen molar-refractivity contribution in [3.8, 4) is 22.6 Å². The summed E-state index contributed by atoms with van der Waals surface area (Å²) in [4.78, 5) is 73.1. The molecule has 5 aliphatic rings. The van der Waals surface area contributed by atoms with Crippen molar-refractivity contribution in [3.63, 3.8) is 0 Å². The summed E-state index contributed by atoms with van der Waals surface area (Å²) in [5.74, 6) is 0.428. The van der Waals surface area contributed by atoms with Gasteiger partial charge in [0, 0.05) is 93.9 Å². The molecule has 8 rings (SSSR count). The summed E-state index contributed by atoms with van der Waals surface area (Å²) >= 11 is 0. The number of piperidine rings is 2. The van der Waals surface area contributed by atoms with Crippen LogP contribution in [0.25, 0.3) is 11.1 Å². The second-order valence-corrected chi connectivity index (χ2v) is 16.7. The first-order valence-corrected chi connectivity index (χ1v) is 21.1. The third-order valence-electron chi connectivity index (χ3n) is 13.3. The number of aromatic nitrogens is 1. The second-order valence-electron chi connectivity index (χ2n) is 16.7. The maximum absolute atomic E-state index is 15.4. The number of carbonyl (C=O) groups is 4. The molecule has 0 aliphatic carbocycles. The number of nitrogens with one attached hydrogen (secondary N) is 2. The summed E-state index contributed by atoms with van der Waals surface area (Å²) < 4.78 is 28.9. The number of hydrogen-bond acceptors (Lipinski definition) is 10. The highest BCUT2D eigenvalue weighted by atomic mass is 19.1. The lowest BCUT2D eigenvalue weighted by molar-refractivity contribution is -0.136. The SMILES string of the molecule is CNC(=O)N1CCc2c(-c3cc(OC)c(CN4CCC(CCN5CCN(c6cc(F)c7c(c6)C(=O)N(C6CCC(=O)NC6=O)C7)CC5)CC4)c(OC)c3)cn(C)c(=O)c2C1. The molecule has 2 aromatic carbocycles. The lowest BCUT2D eigenvalue weighted by Crippen LogP contribution is -2.52. The molecule has 5 amide bonds. The maximum Gasteiger partial charge on any atom is 0.317 e. The van der Waals surface area contributed by atoms with Crippen molar-refractivity contribution in [2.24, 2.45) is 13.0 Å². The number of nitrogens with zero attached hydrogens (tertiary/aromatic N) is 6. The van der Waals surface area contributed by atoms with Crippen LogP contribution in [-0.2, 0) is 42.7 Å². The first-order chi connectivity index (χ1) is 29.0. The topological polar surface area (TPSA) is 149 Å². The van der Waals surface area contributed by atoms with Gasteiger partial charge in [-0.2, -0.15) is 0 Å². The van der Waals surface area contributed by atoms with Gasteiger partial charge in [-0.1, -0.05) is 0 Å². The van der Waals surface area contributed by atoms with E-state index in [1.807, 2.05) is 18.3 Å². The van der Waals surface area contributed by atoms with Crippen molar-refractivity contribution in [2.45, 2.75) is 64.2 Å². The molecule has 3 fully saturated rings. The number of carbonyl (C=O) groups excluding carboxylic acids is 4. The summed E-state index contributed by atoms with van der Waals surface area (Å²) in [5.41, 5.74) is 5.60. The Morgan fingerprint density at radius 1 is 0.833 bits per heavy atom. The fourth-order valence-electron chi connectivity index (χ4n) is 9.71. The zero-order chi connectivity index (χ0) is 42.2. The number of ether oxygens (including phenoxy) is 2. The molecule has 0 radical (unpaired) electrons. The van der Waals surface area contributed by atoms with Crippen molar-refractivity contribution in [1.29, 1.82) is 0 Å². The molecule has 0 spiro atoms. The van der Waals surface area contributed by atoms with Gasteiger partial charge in [-0.15, -0.1) is 0 Å². The average Bonchev–Trinajstić information content (AvgIpc) is 3.60. The number of anilines is 1. The maximum atomic E-state index is 15.4. The molecule has 3 saturated heterocycles. The predicted octanol–water partition coefficient (Wildman–Crippen LogP) is 3.09. The Morgan fingerprint density at radius 2 is 1.55 bits per heavy atom. The van der Waals surface area contributed by atoms with Crippen LogP contribution in [0.2, 0.25) is 0 Å². The Labute approximate surface area is 349 Å². The Morgan fingerprint density at radius 3 is 2.22 bits per heavy atom. The van der Waals surface area contributed by atoms with E-state index in [1.54, 1.807) is 43.8 Å². The van der Waals surface area contributed by atoms with Crippen LogP contribution >= 0.6 is 0 Å². The summed E-state index contributed by atoms with van der Waals surface area (Å²) in [6.45, 7) is 7.57. The zero-order valence-electron chi connectivity index (χ0n) is 35.0. The van der Waals surface area contributed by atoms with Gasteiger partial charge in [0.2, 0.25) is 11.8 Å². The minimum absolute atomic E-state index is 0.0268. The Kier molecular flexibility index (Phi) is 11.9. The van der Waals surface area contributed by atoms with Crippen LogP contribution in [0.1, 0.15) is 64.7 Å². The average molecular weight is 827 g/mol. The number of benzene rings is 2. The molecular formula is C44H55FN8O7. The highest BCUT2D eigenvalue weighted by Crippen LogP contribution is 2.39. The van der Waals surface area contributed by atoms with Crippen molar-refractivity contribution >= 4 is 29.4 Å². The van der Waals surface area contributed by atoms with Crippen LogP contribution in [0.15, 0.2) is 35.3 Å². The third kappa shape index (κ3) is 8.06. The Hall–Kier alpha value is -5.48. The van der Waals surface area contributed by atoms with E-state index in [9.17, 15) is 24.0 Å². The van der Waals surface area contributed by atoms with Gasteiger partial charge < -0.3 is 34.1 Å². The number of likely N-dealkylation sites (tertiary alicyclic amines) is 1. The molecule has 2 N–H and O–H groups in total. The Balaban J connectivity index is 0.840. The van der Waals surface area contributed by atoms with E-state index in [2.05, 4.69) is 25.3 Å². The van der Waals surface area contributed by atoms with Gasteiger partial charge in [0.15, 0.2) is 0 Å². The van der Waals surface area contributed by atoms with Gasteiger partial charge in [0.1, 0.15) is 23.4 Å². The predicted molar refractivity (Wildman–Crippen MR) is 223 cm³/mol. The highest BCUT2D eigenvalue weighted by Gasteiger charge is 2.41. The van der Waals surface area contributed by atoms with E-state index in [0.29, 0.717) is 47.8 Å². The smallest absolute Gasteiger partial charge is 0.317 e. The number of rotatable bonds is 10. The summed E-state index contributed by atoms with van der Waals surface area (Å²) in [7, 11) is 6.69. The molecule has 1 unspecified atom stereocenters. The molecular weight excluding hydrogens is 772 g/mol. The summed E-state index contributed by atoms with van der Waals surface area (Å²) in [6.07, 6.45) is 6.14. The molecule has 60 heavy (non-hydrogen) atoms. The molecule has 16 heteroatoms. The van der Waals surface area contributed by atoms with Gasteiger partial charge in [0.25, 0.3) is 11.5 Å². The van der Waals surface area contributed by atoms with Crippen LogP contribution < -0.4 is 30.6 Å². The number of amides is 5. The molecule has 0 saturated carbocycles.